The summed E-state index contributed by atoms with van der Waals surface area (Å²) in [6.45, 7) is 3.39. The molecule has 102 valence electrons. The summed E-state index contributed by atoms with van der Waals surface area (Å²) in [4.78, 5) is 22.4. The number of benzene rings is 1. The van der Waals surface area contributed by atoms with Crippen molar-refractivity contribution in [2.75, 3.05) is 0 Å². The molecule has 19 heavy (non-hydrogen) atoms. The Balaban J connectivity index is 2.65. The highest BCUT2D eigenvalue weighted by Gasteiger charge is 2.18. The van der Waals surface area contributed by atoms with Crippen LogP contribution in [0.5, 0.6) is 0 Å². The summed E-state index contributed by atoms with van der Waals surface area (Å²) < 4.78 is 25.6. The lowest BCUT2D eigenvalue weighted by Crippen LogP contribution is -2.41. The molecule has 1 aromatic rings. The number of carboxylic acids is 1. The lowest BCUT2D eigenvalue weighted by Gasteiger charge is -2.12. The van der Waals surface area contributed by atoms with Crippen LogP contribution in [0.1, 0.15) is 12.0 Å². The molecule has 0 aromatic heterocycles. The zero-order valence-electron chi connectivity index (χ0n) is 10.0. The molecule has 1 unspecified atom stereocenters. The van der Waals surface area contributed by atoms with E-state index < -0.39 is 29.6 Å². The molecule has 1 atom stereocenters. The Bertz CT molecular complexity index is 503. The van der Waals surface area contributed by atoms with Gasteiger partial charge < -0.3 is 10.4 Å². The van der Waals surface area contributed by atoms with Crippen molar-refractivity contribution in [3.05, 3.63) is 48.1 Å². The fourth-order valence-corrected chi connectivity index (χ4v) is 1.47. The molecule has 0 bridgehead atoms. The molecule has 0 aliphatic rings. The molecule has 2 N–H and O–H groups in total. The van der Waals surface area contributed by atoms with Gasteiger partial charge in [-0.05, 0) is 24.1 Å². The van der Waals surface area contributed by atoms with Gasteiger partial charge in [0.05, 0.1) is 6.42 Å². The third kappa shape index (κ3) is 4.50. The van der Waals surface area contributed by atoms with Crippen molar-refractivity contribution in [1.29, 1.82) is 0 Å². The van der Waals surface area contributed by atoms with E-state index in [0.29, 0.717) is 0 Å². The summed E-state index contributed by atoms with van der Waals surface area (Å²) in [6, 6.07) is 2.01. The summed E-state index contributed by atoms with van der Waals surface area (Å²) in [5.74, 6) is -3.82. The monoisotopic (exact) mass is 269 g/mol. The van der Waals surface area contributed by atoms with Crippen LogP contribution >= 0.6 is 0 Å². The summed E-state index contributed by atoms with van der Waals surface area (Å²) in [5, 5.41) is 11.1. The van der Waals surface area contributed by atoms with Crippen LogP contribution in [0.15, 0.2) is 30.9 Å². The number of carbonyl (C=O) groups is 2. The van der Waals surface area contributed by atoms with E-state index in [2.05, 4.69) is 11.9 Å². The minimum Gasteiger partial charge on any atom is -0.480 e. The van der Waals surface area contributed by atoms with E-state index in [0.717, 1.165) is 12.1 Å². The van der Waals surface area contributed by atoms with Gasteiger partial charge in [0.1, 0.15) is 6.04 Å². The van der Waals surface area contributed by atoms with Crippen molar-refractivity contribution < 1.29 is 23.5 Å². The number of hydrogen-bond acceptors (Lipinski definition) is 2. The highest BCUT2D eigenvalue weighted by molar-refractivity contribution is 5.84. The Kier molecular flexibility index (Phi) is 5.17. The van der Waals surface area contributed by atoms with Gasteiger partial charge in [-0.3, -0.25) is 4.79 Å². The van der Waals surface area contributed by atoms with Gasteiger partial charge in [-0.25, -0.2) is 13.6 Å². The minimum atomic E-state index is -1.18. The van der Waals surface area contributed by atoms with E-state index in [1.54, 1.807) is 0 Å². The second kappa shape index (κ2) is 6.63. The largest absolute Gasteiger partial charge is 0.480 e. The van der Waals surface area contributed by atoms with E-state index in [4.69, 9.17) is 5.11 Å². The van der Waals surface area contributed by atoms with Crippen molar-refractivity contribution in [3.63, 3.8) is 0 Å². The maximum atomic E-state index is 12.9. The number of carbonyl (C=O) groups excluding carboxylic acids is 1. The van der Waals surface area contributed by atoms with E-state index in [1.165, 1.54) is 12.1 Å². The molecule has 0 aliphatic heterocycles. The summed E-state index contributed by atoms with van der Waals surface area (Å²) >= 11 is 0. The lowest BCUT2D eigenvalue weighted by molar-refractivity contribution is -0.141. The van der Waals surface area contributed by atoms with Gasteiger partial charge in [-0.2, -0.15) is 0 Å². The van der Waals surface area contributed by atoms with Crippen LogP contribution in [0.4, 0.5) is 8.78 Å². The fraction of sp³-hybridized carbons (Fsp3) is 0.231. The Hall–Kier alpha value is -2.24. The predicted octanol–water partition coefficient (Wildman–Crippen LogP) is 1.65. The topological polar surface area (TPSA) is 66.4 Å². The molecule has 1 amide bonds. The van der Waals surface area contributed by atoms with Crippen molar-refractivity contribution in [1.82, 2.24) is 5.32 Å². The highest BCUT2D eigenvalue weighted by Crippen LogP contribution is 2.09. The third-order valence-electron chi connectivity index (χ3n) is 2.38. The molecule has 0 fully saturated rings. The number of amides is 1. The second-order valence-electron chi connectivity index (χ2n) is 3.91. The van der Waals surface area contributed by atoms with E-state index in [9.17, 15) is 18.4 Å². The molecule has 1 aromatic carbocycles. The van der Waals surface area contributed by atoms with Gasteiger partial charge in [0, 0.05) is 0 Å². The van der Waals surface area contributed by atoms with Gasteiger partial charge in [0.25, 0.3) is 0 Å². The van der Waals surface area contributed by atoms with Gasteiger partial charge in [-0.1, -0.05) is 12.1 Å². The normalized spacial score (nSPS) is 11.7. The SMILES string of the molecule is C=CCC(NC(=O)Cc1ccc(F)c(F)c1)C(=O)O. The molecule has 0 heterocycles. The van der Waals surface area contributed by atoms with Crippen LogP contribution < -0.4 is 5.32 Å². The summed E-state index contributed by atoms with van der Waals surface area (Å²) in [7, 11) is 0. The number of halogens is 2. The average molecular weight is 269 g/mol. The molecule has 4 nitrogen and oxygen atoms in total. The summed E-state index contributed by atoms with van der Waals surface area (Å²) in [5.41, 5.74) is 0.263. The number of carboxylic acid groups (broad SMARTS) is 1. The molecule has 0 aliphatic carbocycles. The molecule has 0 spiro atoms. The Morgan fingerprint density at radius 3 is 2.58 bits per heavy atom. The lowest BCUT2D eigenvalue weighted by atomic mass is 10.1. The van der Waals surface area contributed by atoms with Crippen LogP contribution in [0.25, 0.3) is 0 Å². The first-order valence-electron chi connectivity index (χ1n) is 5.51. The first-order valence-corrected chi connectivity index (χ1v) is 5.51. The molecule has 0 saturated carbocycles. The smallest absolute Gasteiger partial charge is 0.326 e. The first-order chi connectivity index (χ1) is 8.93. The van der Waals surface area contributed by atoms with Gasteiger partial charge in [0.15, 0.2) is 11.6 Å². The number of aliphatic carboxylic acids is 1. The Morgan fingerprint density at radius 2 is 2.05 bits per heavy atom. The number of nitrogens with one attached hydrogen (secondary N) is 1. The van der Waals surface area contributed by atoms with Gasteiger partial charge >= 0.3 is 5.97 Å². The van der Waals surface area contributed by atoms with Crippen molar-refractivity contribution in [2.24, 2.45) is 0 Å². The fourth-order valence-electron chi connectivity index (χ4n) is 1.47. The summed E-state index contributed by atoms with van der Waals surface area (Å²) in [6.07, 6.45) is 1.23. The first kappa shape index (κ1) is 14.8. The second-order valence-corrected chi connectivity index (χ2v) is 3.91. The molecule has 6 heteroatoms. The molecular weight excluding hydrogens is 256 g/mol. The maximum absolute atomic E-state index is 12.9. The van der Waals surface area contributed by atoms with Crippen LogP contribution in [-0.2, 0) is 16.0 Å². The van der Waals surface area contributed by atoms with E-state index >= 15 is 0 Å². The molecule has 1 rings (SSSR count). The molecular formula is C13H13F2NO3. The Morgan fingerprint density at radius 1 is 1.37 bits per heavy atom. The zero-order valence-corrected chi connectivity index (χ0v) is 10.0. The maximum Gasteiger partial charge on any atom is 0.326 e. The highest BCUT2D eigenvalue weighted by atomic mass is 19.2. The number of hydrogen-bond donors (Lipinski definition) is 2. The van der Waals surface area contributed by atoms with Crippen molar-refractivity contribution in [3.8, 4) is 0 Å². The Labute approximate surface area is 108 Å². The number of rotatable bonds is 6. The van der Waals surface area contributed by atoms with Gasteiger partial charge in [0.2, 0.25) is 5.91 Å². The zero-order chi connectivity index (χ0) is 14.4. The van der Waals surface area contributed by atoms with Crippen molar-refractivity contribution >= 4 is 11.9 Å². The third-order valence-corrected chi connectivity index (χ3v) is 2.38. The standard InChI is InChI=1S/C13H13F2NO3/c1-2-3-11(13(18)19)16-12(17)7-8-4-5-9(14)10(15)6-8/h2,4-6,11H,1,3,7H2,(H,16,17)(H,18,19). The van der Waals surface area contributed by atoms with Crippen LogP contribution in [0, 0.1) is 11.6 Å². The van der Waals surface area contributed by atoms with Gasteiger partial charge in [-0.15, -0.1) is 6.58 Å². The van der Waals surface area contributed by atoms with Crippen LogP contribution in [0.3, 0.4) is 0 Å². The van der Waals surface area contributed by atoms with Crippen LogP contribution in [0.2, 0.25) is 0 Å². The quantitative estimate of drug-likeness (QED) is 0.772. The minimum absolute atomic E-state index is 0.0822. The van der Waals surface area contributed by atoms with Crippen molar-refractivity contribution in [2.45, 2.75) is 18.9 Å². The molecule has 0 radical (unpaired) electrons. The predicted molar refractivity (Wildman–Crippen MR) is 64.4 cm³/mol. The average Bonchev–Trinajstić information content (AvgIpc) is 2.33. The van der Waals surface area contributed by atoms with E-state index in [-0.39, 0.29) is 18.4 Å². The molecule has 0 saturated heterocycles. The van der Waals surface area contributed by atoms with E-state index in [1.807, 2.05) is 0 Å². The van der Waals surface area contributed by atoms with Crippen LogP contribution in [-0.4, -0.2) is 23.0 Å².